The molecule has 0 spiro atoms. The minimum atomic E-state index is 0.702. The van der Waals surface area contributed by atoms with Crippen molar-refractivity contribution in [3.63, 3.8) is 0 Å². The van der Waals surface area contributed by atoms with Gasteiger partial charge in [0.1, 0.15) is 0 Å². The molecule has 0 radical (unpaired) electrons. The Hall–Kier alpha value is -1.52. The number of halogens is 1. The molecule has 3 aromatic rings. The lowest BCUT2D eigenvalue weighted by Crippen LogP contribution is -2.02. The van der Waals surface area contributed by atoms with E-state index in [0.717, 1.165) is 15.3 Å². The molecule has 0 unspecified atom stereocenters. The van der Waals surface area contributed by atoms with Gasteiger partial charge in [-0.2, -0.15) is 0 Å². The molecule has 1 heterocycles. The number of thioether (sulfide) groups is 1. The van der Waals surface area contributed by atoms with Crippen molar-refractivity contribution >= 4 is 27.7 Å². The molecule has 4 heteroatoms. The summed E-state index contributed by atoms with van der Waals surface area (Å²) in [5, 5.41) is 1.80. The van der Waals surface area contributed by atoms with Crippen LogP contribution in [0.25, 0.3) is 16.9 Å². The Labute approximate surface area is 155 Å². The van der Waals surface area contributed by atoms with Gasteiger partial charge in [0.05, 0.1) is 11.9 Å². The molecule has 0 saturated heterocycles. The molecular weight excluding hydrogens is 380 g/mol. The van der Waals surface area contributed by atoms with Crippen LogP contribution in [0, 0.1) is 0 Å². The second-order valence-corrected chi connectivity index (χ2v) is 8.31. The van der Waals surface area contributed by atoms with Crippen molar-refractivity contribution in [2.24, 2.45) is 0 Å². The van der Waals surface area contributed by atoms with Crippen LogP contribution < -0.4 is 0 Å². The molecule has 0 atom stereocenters. The normalized spacial score (nSPS) is 15.0. The summed E-state index contributed by atoms with van der Waals surface area (Å²) in [5.74, 6) is 0. The maximum Gasteiger partial charge on any atom is 0.173 e. The number of benzene rings is 2. The summed E-state index contributed by atoms with van der Waals surface area (Å²) in [6, 6.07) is 19.0. The van der Waals surface area contributed by atoms with Gasteiger partial charge in [0.15, 0.2) is 5.16 Å². The summed E-state index contributed by atoms with van der Waals surface area (Å²) in [6.45, 7) is 0. The van der Waals surface area contributed by atoms with Gasteiger partial charge < -0.3 is 0 Å². The zero-order valence-corrected chi connectivity index (χ0v) is 15.8. The van der Waals surface area contributed by atoms with E-state index in [0.29, 0.717) is 5.25 Å². The summed E-state index contributed by atoms with van der Waals surface area (Å²) in [5.41, 5.74) is 3.51. The van der Waals surface area contributed by atoms with Crippen LogP contribution in [-0.2, 0) is 0 Å². The van der Waals surface area contributed by atoms with Gasteiger partial charge in [0, 0.05) is 21.0 Å². The Kier molecular flexibility index (Phi) is 4.76. The summed E-state index contributed by atoms with van der Waals surface area (Å²) in [4.78, 5) is 4.77. The van der Waals surface area contributed by atoms with E-state index in [1.807, 2.05) is 18.0 Å². The van der Waals surface area contributed by atoms with Gasteiger partial charge in [-0.1, -0.05) is 70.9 Å². The predicted molar refractivity (Wildman–Crippen MR) is 105 cm³/mol. The largest absolute Gasteiger partial charge is 0.287 e. The van der Waals surface area contributed by atoms with Gasteiger partial charge in [0.2, 0.25) is 0 Å². The number of hydrogen-bond donors (Lipinski definition) is 0. The van der Waals surface area contributed by atoms with Crippen LogP contribution in [0.3, 0.4) is 0 Å². The van der Waals surface area contributed by atoms with E-state index in [1.165, 1.54) is 36.9 Å². The Bertz CT molecular complexity index is 805. The fraction of sp³-hybridized carbons (Fsp3) is 0.250. The number of nitrogens with zero attached hydrogens (tertiary/aromatic N) is 2. The molecule has 4 rings (SSSR count). The lowest BCUT2D eigenvalue weighted by atomic mass is 10.1. The van der Waals surface area contributed by atoms with Crippen molar-refractivity contribution in [2.45, 2.75) is 36.1 Å². The second kappa shape index (κ2) is 7.16. The minimum absolute atomic E-state index is 0.702. The number of imidazole rings is 1. The maximum absolute atomic E-state index is 4.77. The first kappa shape index (κ1) is 16.0. The molecule has 122 valence electrons. The van der Waals surface area contributed by atoms with Crippen LogP contribution in [0.4, 0.5) is 0 Å². The van der Waals surface area contributed by atoms with Crippen LogP contribution in [-0.4, -0.2) is 14.8 Å². The summed E-state index contributed by atoms with van der Waals surface area (Å²) in [7, 11) is 0. The van der Waals surface area contributed by atoms with Gasteiger partial charge >= 0.3 is 0 Å². The Morgan fingerprint density at radius 2 is 1.67 bits per heavy atom. The Morgan fingerprint density at radius 1 is 0.958 bits per heavy atom. The maximum atomic E-state index is 4.77. The zero-order valence-electron chi connectivity index (χ0n) is 13.4. The molecule has 1 aliphatic rings. The van der Waals surface area contributed by atoms with Gasteiger partial charge in [-0.15, -0.1) is 0 Å². The predicted octanol–water partition coefficient (Wildman–Crippen LogP) is 6.34. The molecule has 1 aromatic heterocycles. The first-order chi connectivity index (χ1) is 11.8. The first-order valence-corrected chi connectivity index (χ1v) is 10.0. The van der Waals surface area contributed by atoms with Crippen molar-refractivity contribution in [1.29, 1.82) is 0 Å². The number of rotatable bonds is 4. The van der Waals surface area contributed by atoms with E-state index < -0.39 is 0 Å². The molecular formula is C20H19BrN2S. The van der Waals surface area contributed by atoms with E-state index in [2.05, 4.69) is 75.1 Å². The van der Waals surface area contributed by atoms with Crippen molar-refractivity contribution < 1.29 is 0 Å². The van der Waals surface area contributed by atoms with Crippen LogP contribution >= 0.6 is 27.7 Å². The number of hydrogen-bond acceptors (Lipinski definition) is 2. The fourth-order valence-corrected chi connectivity index (χ4v) is 4.78. The third-order valence-electron chi connectivity index (χ3n) is 4.46. The van der Waals surface area contributed by atoms with Crippen molar-refractivity contribution in [2.75, 3.05) is 0 Å². The van der Waals surface area contributed by atoms with Gasteiger partial charge in [0.25, 0.3) is 0 Å². The Morgan fingerprint density at radius 3 is 2.38 bits per heavy atom. The second-order valence-electron chi connectivity index (χ2n) is 6.13. The summed E-state index contributed by atoms with van der Waals surface area (Å²) in [6.07, 6.45) is 7.32. The fourth-order valence-electron chi connectivity index (χ4n) is 3.22. The highest BCUT2D eigenvalue weighted by Crippen LogP contribution is 2.37. The molecule has 2 aromatic carbocycles. The van der Waals surface area contributed by atoms with E-state index in [1.54, 1.807) is 0 Å². The van der Waals surface area contributed by atoms with Crippen LogP contribution in [0.1, 0.15) is 25.7 Å². The average Bonchev–Trinajstić information content (AvgIpc) is 3.27. The van der Waals surface area contributed by atoms with Crippen LogP contribution in [0.2, 0.25) is 0 Å². The smallest absolute Gasteiger partial charge is 0.173 e. The van der Waals surface area contributed by atoms with Gasteiger partial charge in [-0.25, -0.2) is 4.98 Å². The van der Waals surface area contributed by atoms with Crippen LogP contribution in [0.15, 0.2) is 70.4 Å². The monoisotopic (exact) mass is 398 g/mol. The highest BCUT2D eigenvalue weighted by atomic mass is 79.9. The van der Waals surface area contributed by atoms with Crippen molar-refractivity contribution in [1.82, 2.24) is 9.55 Å². The first-order valence-electron chi connectivity index (χ1n) is 8.37. The van der Waals surface area contributed by atoms with E-state index in [4.69, 9.17) is 4.98 Å². The summed E-state index contributed by atoms with van der Waals surface area (Å²) < 4.78 is 3.39. The van der Waals surface area contributed by atoms with Gasteiger partial charge in [-0.3, -0.25) is 4.57 Å². The lowest BCUT2D eigenvalue weighted by molar-refractivity contribution is 0.861. The van der Waals surface area contributed by atoms with Crippen molar-refractivity contribution in [3.8, 4) is 16.9 Å². The lowest BCUT2D eigenvalue weighted by Gasteiger charge is -2.14. The third-order valence-corrected chi connectivity index (χ3v) is 6.29. The van der Waals surface area contributed by atoms with Crippen molar-refractivity contribution in [3.05, 3.63) is 65.3 Å². The quantitative estimate of drug-likeness (QED) is 0.510. The molecule has 2 nitrogen and oxygen atoms in total. The van der Waals surface area contributed by atoms with E-state index in [-0.39, 0.29) is 0 Å². The SMILES string of the molecule is Brc1ccc(-c2cnc(SC3CCCC3)n2-c2ccccc2)cc1. The topological polar surface area (TPSA) is 17.8 Å². The average molecular weight is 399 g/mol. The van der Waals surface area contributed by atoms with E-state index >= 15 is 0 Å². The standard InChI is InChI=1S/C20H19BrN2S/c21-16-12-10-15(11-13-16)19-14-22-20(24-18-8-4-5-9-18)23(19)17-6-2-1-3-7-17/h1-3,6-7,10-14,18H,4-5,8-9H2. The van der Waals surface area contributed by atoms with Crippen LogP contribution in [0.5, 0.6) is 0 Å². The highest BCUT2D eigenvalue weighted by Gasteiger charge is 2.21. The molecule has 1 aliphatic carbocycles. The molecule has 1 saturated carbocycles. The van der Waals surface area contributed by atoms with Gasteiger partial charge in [-0.05, 0) is 37.1 Å². The summed E-state index contributed by atoms with van der Waals surface area (Å²) >= 11 is 5.45. The van der Waals surface area contributed by atoms with E-state index in [9.17, 15) is 0 Å². The molecule has 0 amide bonds. The molecule has 24 heavy (non-hydrogen) atoms. The number of para-hydroxylation sites is 1. The molecule has 1 fully saturated rings. The highest BCUT2D eigenvalue weighted by molar-refractivity contribution is 9.10. The minimum Gasteiger partial charge on any atom is -0.287 e. The Balaban J connectivity index is 1.78. The third kappa shape index (κ3) is 3.31. The molecule has 0 bridgehead atoms. The number of aromatic nitrogens is 2. The zero-order chi connectivity index (χ0) is 16.4. The molecule has 0 aliphatic heterocycles. The molecule has 0 N–H and O–H groups in total.